The first kappa shape index (κ1) is 14.7. The Balaban J connectivity index is 1.71. The van der Waals surface area contributed by atoms with Gasteiger partial charge in [-0.25, -0.2) is 0 Å². The minimum atomic E-state index is 0.0588. The molecule has 0 radical (unpaired) electrons. The van der Waals surface area contributed by atoms with Crippen LogP contribution in [0.2, 0.25) is 0 Å². The predicted molar refractivity (Wildman–Crippen MR) is 91.1 cm³/mol. The zero-order chi connectivity index (χ0) is 15.4. The Labute approximate surface area is 131 Å². The highest BCUT2D eigenvalue weighted by Gasteiger charge is 2.27. The van der Waals surface area contributed by atoms with E-state index >= 15 is 0 Å². The number of hydrogen-bond acceptors (Lipinski definition) is 4. The molecule has 0 saturated heterocycles. The van der Waals surface area contributed by atoms with E-state index in [1.807, 2.05) is 18.2 Å². The van der Waals surface area contributed by atoms with Gasteiger partial charge < -0.3 is 15.3 Å². The van der Waals surface area contributed by atoms with Gasteiger partial charge in [-0.05, 0) is 24.6 Å². The smallest absolute Gasteiger partial charge is 0.155 e. The molecule has 4 nitrogen and oxygen atoms in total. The quantitative estimate of drug-likeness (QED) is 0.764. The van der Waals surface area contributed by atoms with Crippen LogP contribution in [0.25, 0.3) is 0 Å². The van der Waals surface area contributed by atoms with Gasteiger partial charge in [0.05, 0.1) is 11.4 Å². The average Bonchev–Trinajstić information content (AvgIpc) is 2.90. The van der Waals surface area contributed by atoms with E-state index in [1.54, 1.807) is 6.07 Å². The second-order valence-corrected chi connectivity index (χ2v) is 5.62. The molecule has 0 saturated carbocycles. The lowest BCUT2D eigenvalue weighted by Gasteiger charge is -2.27. The van der Waals surface area contributed by atoms with Crippen molar-refractivity contribution in [3.8, 4) is 5.75 Å². The van der Waals surface area contributed by atoms with Crippen LogP contribution in [0.5, 0.6) is 5.75 Å². The number of rotatable bonds is 6. The van der Waals surface area contributed by atoms with Crippen LogP contribution >= 0.6 is 0 Å². The van der Waals surface area contributed by atoms with Gasteiger partial charge in [-0.15, -0.1) is 0 Å². The third kappa shape index (κ3) is 3.02. The summed E-state index contributed by atoms with van der Waals surface area (Å²) in [5.41, 5.74) is 3.31. The Morgan fingerprint density at radius 2 is 1.91 bits per heavy atom. The summed E-state index contributed by atoms with van der Waals surface area (Å²) in [6.45, 7) is 3.85. The Morgan fingerprint density at radius 3 is 2.73 bits per heavy atom. The van der Waals surface area contributed by atoms with Crippen molar-refractivity contribution in [2.24, 2.45) is 0 Å². The van der Waals surface area contributed by atoms with Crippen molar-refractivity contribution < 1.29 is 5.11 Å². The first-order chi connectivity index (χ1) is 10.8. The van der Waals surface area contributed by atoms with Crippen molar-refractivity contribution in [2.75, 3.05) is 16.8 Å². The zero-order valence-corrected chi connectivity index (χ0v) is 12.9. The fraction of sp³-hybridized carbons (Fsp3) is 0.333. The molecule has 116 valence electrons. The molecule has 0 amide bonds. The van der Waals surface area contributed by atoms with Crippen molar-refractivity contribution in [3.63, 3.8) is 0 Å². The zero-order valence-electron chi connectivity index (χ0n) is 12.9. The maximum Gasteiger partial charge on any atom is 0.155 e. The third-order valence-corrected chi connectivity index (χ3v) is 4.05. The number of nitrogens with one attached hydrogen (secondary N) is 2. The molecule has 1 unspecified atom stereocenters. The molecule has 1 aliphatic rings. The van der Waals surface area contributed by atoms with Crippen LogP contribution in [0.3, 0.4) is 0 Å². The first-order valence-corrected chi connectivity index (χ1v) is 7.92. The SMILES string of the molecule is CCCCN1c2ccccc2NC1NCc1ccccc1O. The minimum Gasteiger partial charge on any atom is -0.508 e. The van der Waals surface area contributed by atoms with E-state index in [1.165, 1.54) is 12.1 Å². The summed E-state index contributed by atoms with van der Waals surface area (Å²) in [6.07, 6.45) is 2.39. The second kappa shape index (κ2) is 6.71. The van der Waals surface area contributed by atoms with E-state index in [0.717, 1.165) is 24.2 Å². The monoisotopic (exact) mass is 297 g/mol. The highest BCUT2D eigenvalue weighted by molar-refractivity contribution is 5.75. The molecule has 1 aliphatic heterocycles. The number of hydrogen-bond donors (Lipinski definition) is 3. The summed E-state index contributed by atoms with van der Waals surface area (Å²) in [6, 6.07) is 15.8. The van der Waals surface area contributed by atoms with Crippen molar-refractivity contribution >= 4 is 11.4 Å². The van der Waals surface area contributed by atoms with Crippen LogP contribution in [0.15, 0.2) is 48.5 Å². The molecule has 3 rings (SSSR count). The number of unbranched alkanes of at least 4 members (excludes halogenated alkanes) is 1. The highest BCUT2D eigenvalue weighted by atomic mass is 16.3. The van der Waals surface area contributed by atoms with Crippen LogP contribution in [0.1, 0.15) is 25.3 Å². The average molecular weight is 297 g/mol. The lowest BCUT2D eigenvalue weighted by Crippen LogP contribution is -2.47. The summed E-state index contributed by atoms with van der Waals surface area (Å²) in [7, 11) is 0. The standard InChI is InChI=1S/C18H23N3O/c1-2-3-12-21-16-10-6-5-9-15(16)20-18(21)19-13-14-8-4-7-11-17(14)22/h4-11,18-20,22H,2-3,12-13H2,1H3. The van der Waals surface area contributed by atoms with Gasteiger partial charge in [0.15, 0.2) is 6.29 Å². The van der Waals surface area contributed by atoms with Gasteiger partial charge in [0.2, 0.25) is 0 Å². The molecule has 4 heteroatoms. The van der Waals surface area contributed by atoms with Crippen molar-refractivity contribution in [2.45, 2.75) is 32.6 Å². The number of fused-ring (bicyclic) bond motifs is 1. The molecule has 1 heterocycles. The van der Waals surface area contributed by atoms with Gasteiger partial charge >= 0.3 is 0 Å². The number of benzene rings is 2. The van der Waals surface area contributed by atoms with Gasteiger partial charge in [0, 0.05) is 18.7 Å². The maximum absolute atomic E-state index is 9.89. The molecule has 2 aromatic carbocycles. The van der Waals surface area contributed by atoms with Crippen LogP contribution in [-0.4, -0.2) is 17.9 Å². The van der Waals surface area contributed by atoms with Gasteiger partial charge in [0.1, 0.15) is 5.75 Å². The number of nitrogens with zero attached hydrogens (tertiary/aromatic N) is 1. The molecule has 0 aromatic heterocycles. The summed E-state index contributed by atoms with van der Waals surface area (Å²) >= 11 is 0. The molecule has 0 aliphatic carbocycles. The summed E-state index contributed by atoms with van der Waals surface area (Å²) in [4.78, 5) is 2.36. The summed E-state index contributed by atoms with van der Waals surface area (Å²) in [5.74, 6) is 0.339. The highest BCUT2D eigenvalue weighted by Crippen LogP contribution is 2.33. The van der Waals surface area contributed by atoms with Crippen LogP contribution in [-0.2, 0) is 6.54 Å². The van der Waals surface area contributed by atoms with Gasteiger partial charge in [-0.2, -0.15) is 0 Å². The van der Waals surface area contributed by atoms with Crippen LogP contribution in [0, 0.1) is 0 Å². The number of anilines is 2. The molecular formula is C18H23N3O. The molecular weight excluding hydrogens is 274 g/mol. The number of phenolic OH excluding ortho intramolecular Hbond substituents is 1. The fourth-order valence-electron chi connectivity index (χ4n) is 2.82. The van der Waals surface area contributed by atoms with Crippen molar-refractivity contribution in [1.29, 1.82) is 0 Å². The van der Waals surface area contributed by atoms with Gasteiger partial charge in [-0.1, -0.05) is 43.7 Å². The molecule has 22 heavy (non-hydrogen) atoms. The molecule has 1 atom stereocenters. The largest absolute Gasteiger partial charge is 0.508 e. The number of aromatic hydroxyl groups is 1. The topological polar surface area (TPSA) is 47.5 Å². The van der Waals surface area contributed by atoms with Gasteiger partial charge in [-0.3, -0.25) is 5.32 Å². The second-order valence-electron chi connectivity index (χ2n) is 5.62. The van der Waals surface area contributed by atoms with Crippen LogP contribution in [0.4, 0.5) is 11.4 Å². The lowest BCUT2D eigenvalue weighted by molar-refractivity contribution is 0.458. The Morgan fingerprint density at radius 1 is 1.14 bits per heavy atom. The fourth-order valence-corrected chi connectivity index (χ4v) is 2.82. The number of phenols is 1. The first-order valence-electron chi connectivity index (χ1n) is 7.92. The Hall–Kier alpha value is -2.20. The van der Waals surface area contributed by atoms with E-state index in [0.29, 0.717) is 12.3 Å². The van der Waals surface area contributed by atoms with E-state index in [2.05, 4.69) is 46.7 Å². The Bertz CT molecular complexity index is 629. The normalized spacial score (nSPS) is 16.4. The van der Waals surface area contributed by atoms with E-state index in [9.17, 15) is 5.11 Å². The van der Waals surface area contributed by atoms with Crippen molar-refractivity contribution in [3.05, 3.63) is 54.1 Å². The number of para-hydroxylation sites is 3. The third-order valence-electron chi connectivity index (χ3n) is 4.05. The van der Waals surface area contributed by atoms with E-state index < -0.39 is 0 Å². The molecule has 0 fully saturated rings. The summed E-state index contributed by atoms with van der Waals surface area (Å²) in [5, 5.41) is 16.9. The van der Waals surface area contributed by atoms with E-state index in [4.69, 9.17) is 0 Å². The van der Waals surface area contributed by atoms with E-state index in [-0.39, 0.29) is 6.29 Å². The predicted octanol–water partition coefficient (Wildman–Crippen LogP) is 3.50. The molecule has 2 aromatic rings. The maximum atomic E-state index is 9.89. The molecule has 0 bridgehead atoms. The van der Waals surface area contributed by atoms with Gasteiger partial charge in [0.25, 0.3) is 0 Å². The minimum absolute atomic E-state index is 0.0588. The molecule has 3 N–H and O–H groups in total. The van der Waals surface area contributed by atoms with Crippen LogP contribution < -0.4 is 15.5 Å². The summed E-state index contributed by atoms with van der Waals surface area (Å²) < 4.78 is 0. The lowest BCUT2D eigenvalue weighted by atomic mass is 10.2. The van der Waals surface area contributed by atoms with Crippen molar-refractivity contribution in [1.82, 2.24) is 5.32 Å². The Kier molecular flexibility index (Phi) is 4.49. The molecule has 0 spiro atoms.